The van der Waals surface area contributed by atoms with Gasteiger partial charge in [-0.2, -0.15) is 5.54 Å². The van der Waals surface area contributed by atoms with Gasteiger partial charge in [-0.1, -0.05) is 16.6 Å². The topological polar surface area (TPSA) is 207 Å². The maximum absolute atomic E-state index is 12.6. The molecular weight excluding hydrogens is 451 g/mol. The highest BCUT2D eigenvalue weighted by atomic mass is 19.2. The lowest BCUT2D eigenvalue weighted by Crippen LogP contribution is -2.68. The van der Waals surface area contributed by atoms with Gasteiger partial charge in [-0.3, -0.25) is 14.6 Å². The molecule has 0 radical (unpaired) electrons. The fourth-order valence-corrected chi connectivity index (χ4v) is 3.44. The predicted molar refractivity (Wildman–Crippen MR) is 103 cm³/mol. The number of nitrogens with one attached hydrogen (secondary N) is 2. The summed E-state index contributed by atoms with van der Waals surface area (Å²) < 4.78 is 22.8. The van der Waals surface area contributed by atoms with Gasteiger partial charge in [-0.25, -0.2) is 9.36 Å². The average molecular weight is 472 g/mol. The number of hydroxylamine groups is 2. The van der Waals surface area contributed by atoms with Gasteiger partial charge >= 0.3 is 11.6 Å². The number of benzene rings is 1. The molecule has 1 aromatic carbocycles. The summed E-state index contributed by atoms with van der Waals surface area (Å²) in [6, 6.07) is 6.00. The van der Waals surface area contributed by atoms with Crippen LogP contribution in [0, 0.1) is 0 Å². The number of carbonyl (C=O) groups is 1. The molecule has 1 fully saturated rings. The van der Waals surface area contributed by atoms with Gasteiger partial charge in [0, 0.05) is 6.20 Å². The van der Waals surface area contributed by atoms with Crippen molar-refractivity contribution in [3.8, 4) is 5.75 Å². The minimum absolute atomic E-state index is 0.0432. The fraction of sp³-hybridized carbons (Fsp3) is 0.389. The first-order valence-corrected chi connectivity index (χ1v) is 9.31. The first-order valence-electron chi connectivity index (χ1n) is 9.31. The SMILES string of the molecule is COc1ccc(CN(O)[C@@]2(O)[C@H](O)[C@@H](CO)O[C@@]2(O)n2cc(C(=O)NF)c(=O)[nH]c2=O)cc1. The molecule has 14 nitrogen and oxygen atoms in total. The van der Waals surface area contributed by atoms with Crippen molar-refractivity contribution < 1.29 is 44.4 Å². The summed E-state index contributed by atoms with van der Waals surface area (Å²) in [4.78, 5) is 37.5. The van der Waals surface area contributed by atoms with Crippen LogP contribution in [0.1, 0.15) is 15.9 Å². The molecule has 0 bridgehead atoms. The molecule has 1 aromatic heterocycles. The van der Waals surface area contributed by atoms with Crippen LogP contribution in [0.4, 0.5) is 4.48 Å². The molecule has 33 heavy (non-hydrogen) atoms. The Morgan fingerprint density at radius 3 is 2.52 bits per heavy atom. The summed E-state index contributed by atoms with van der Waals surface area (Å²) in [6.45, 7) is -1.55. The number of hydrogen-bond acceptors (Lipinski definition) is 11. The third-order valence-electron chi connectivity index (χ3n) is 5.22. The molecule has 3 rings (SSSR count). The van der Waals surface area contributed by atoms with Gasteiger partial charge in [0.05, 0.1) is 20.3 Å². The van der Waals surface area contributed by atoms with Crippen molar-refractivity contribution in [2.45, 2.75) is 30.4 Å². The van der Waals surface area contributed by atoms with E-state index < -0.39 is 59.7 Å². The van der Waals surface area contributed by atoms with Crippen LogP contribution < -0.4 is 21.5 Å². The van der Waals surface area contributed by atoms with Gasteiger partial charge in [0.1, 0.15) is 23.5 Å². The quantitative estimate of drug-likeness (QED) is 0.123. The molecule has 1 aliphatic rings. The van der Waals surface area contributed by atoms with E-state index in [-0.39, 0.29) is 9.63 Å². The first kappa shape index (κ1) is 24.5. The number of amides is 1. The molecule has 0 saturated carbocycles. The first-order chi connectivity index (χ1) is 15.5. The molecule has 2 aromatic rings. The highest BCUT2D eigenvalue weighted by molar-refractivity contribution is 5.92. The number of H-pyrrole nitrogens is 1. The zero-order valence-corrected chi connectivity index (χ0v) is 17.0. The van der Waals surface area contributed by atoms with Crippen LogP contribution in [0.15, 0.2) is 40.1 Å². The monoisotopic (exact) mass is 472 g/mol. The van der Waals surface area contributed by atoms with Gasteiger partial charge in [-0.15, -0.1) is 5.06 Å². The fourth-order valence-electron chi connectivity index (χ4n) is 3.44. The summed E-state index contributed by atoms with van der Waals surface area (Å²) in [5.41, 5.74) is -6.06. The maximum Gasteiger partial charge on any atom is 0.332 e. The lowest BCUT2D eigenvalue weighted by molar-refractivity contribution is -0.413. The Morgan fingerprint density at radius 2 is 1.97 bits per heavy atom. The molecule has 7 N–H and O–H groups in total. The minimum atomic E-state index is -3.38. The van der Waals surface area contributed by atoms with Gasteiger partial charge in [-0.05, 0) is 17.7 Å². The highest BCUT2D eigenvalue weighted by Gasteiger charge is 2.70. The van der Waals surface area contributed by atoms with Gasteiger partial charge in [0.15, 0.2) is 0 Å². The van der Waals surface area contributed by atoms with E-state index in [1.165, 1.54) is 31.4 Å². The van der Waals surface area contributed by atoms with E-state index in [2.05, 4.69) is 0 Å². The van der Waals surface area contributed by atoms with Crippen LogP contribution in [0.5, 0.6) is 5.75 Å². The van der Waals surface area contributed by atoms with Crippen LogP contribution in [0.2, 0.25) is 0 Å². The molecular formula is C18H21FN4O10. The Hall–Kier alpha value is -3.18. The highest BCUT2D eigenvalue weighted by Crippen LogP contribution is 2.43. The number of aliphatic hydroxyl groups excluding tert-OH is 2. The summed E-state index contributed by atoms with van der Waals surface area (Å²) in [5.74, 6) is -4.51. The van der Waals surface area contributed by atoms with Crippen LogP contribution in [-0.4, -0.2) is 77.8 Å². The molecule has 0 aliphatic carbocycles. The average Bonchev–Trinajstić information content (AvgIpc) is 3.01. The van der Waals surface area contributed by atoms with E-state index in [0.717, 1.165) is 0 Å². The molecule has 1 saturated heterocycles. The van der Waals surface area contributed by atoms with E-state index >= 15 is 0 Å². The van der Waals surface area contributed by atoms with Crippen molar-refractivity contribution in [1.29, 1.82) is 0 Å². The smallest absolute Gasteiger partial charge is 0.332 e. The maximum atomic E-state index is 12.6. The molecule has 1 aliphatic heterocycles. The predicted octanol–water partition coefficient (Wildman–Crippen LogP) is -2.91. The van der Waals surface area contributed by atoms with Gasteiger partial charge in [0.2, 0.25) is 5.72 Å². The molecule has 4 atom stereocenters. The third kappa shape index (κ3) is 3.91. The normalized spacial score (nSPS) is 27.0. The van der Waals surface area contributed by atoms with Crippen LogP contribution >= 0.6 is 0 Å². The Kier molecular flexibility index (Phi) is 6.66. The van der Waals surface area contributed by atoms with Gasteiger partial charge < -0.3 is 35.1 Å². The Labute approximate surface area is 183 Å². The Morgan fingerprint density at radius 1 is 1.33 bits per heavy atom. The zero-order valence-electron chi connectivity index (χ0n) is 17.0. The number of aliphatic hydroxyl groups is 4. The van der Waals surface area contributed by atoms with E-state index in [4.69, 9.17) is 9.47 Å². The number of rotatable bonds is 7. The molecule has 15 heteroatoms. The second-order valence-corrected chi connectivity index (χ2v) is 7.12. The second kappa shape index (κ2) is 8.99. The van der Waals surface area contributed by atoms with Crippen LogP contribution in [-0.2, 0) is 17.2 Å². The van der Waals surface area contributed by atoms with E-state index in [1.54, 1.807) is 4.98 Å². The van der Waals surface area contributed by atoms with Crippen LogP contribution in [0.3, 0.4) is 0 Å². The largest absolute Gasteiger partial charge is 0.497 e. The molecule has 0 unspecified atom stereocenters. The second-order valence-electron chi connectivity index (χ2n) is 7.12. The van der Waals surface area contributed by atoms with Crippen LogP contribution in [0.25, 0.3) is 0 Å². The number of nitrogens with zero attached hydrogens (tertiary/aromatic N) is 2. The summed E-state index contributed by atoms with van der Waals surface area (Å²) in [6.07, 6.45) is -3.62. The number of carbonyl (C=O) groups excluding carboxylic acids is 1. The van der Waals surface area contributed by atoms with E-state index in [1.807, 2.05) is 0 Å². The number of aromatic amines is 1. The number of hydrogen-bond donors (Lipinski definition) is 7. The standard InChI is InChI=1S/C18H21FN4O10/c1-32-10-4-2-9(3-5-10)6-23(31)17(29)13(25)12(8-24)33-18(17,30)22-7-11(15(27)21-19)14(26)20-16(22)28/h2-5,7,12-13,24-25,29-31H,6,8H2,1H3,(H,21,27)(H,20,26,28)/t12-,13-,17-,18-/m1/s1. The molecule has 180 valence electrons. The van der Waals surface area contributed by atoms with E-state index in [0.29, 0.717) is 23.0 Å². The van der Waals surface area contributed by atoms with Crippen molar-refractivity contribution in [3.05, 3.63) is 62.4 Å². The number of aromatic nitrogens is 2. The lowest BCUT2D eigenvalue weighted by atomic mass is 10.00. The van der Waals surface area contributed by atoms with Crippen molar-refractivity contribution in [2.24, 2.45) is 0 Å². The van der Waals surface area contributed by atoms with Crippen molar-refractivity contribution in [3.63, 3.8) is 0 Å². The molecule has 1 amide bonds. The molecule has 0 spiro atoms. The third-order valence-corrected chi connectivity index (χ3v) is 5.22. The minimum Gasteiger partial charge on any atom is -0.497 e. The molecule has 2 heterocycles. The van der Waals surface area contributed by atoms with E-state index in [9.17, 15) is 44.5 Å². The number of halogens is 1. The summed E-state index contributed by atoms with van der Waals surface area (Å²) >= 11 is 0. The Bertz CT molecular complexity index is 1140. The zero-order chi connectivity index (χ0) is 24.6. The lowest BCUT2D eigenvalue weighted by Gasteiger charge is -2.42. The summed E-state index contributed by atoms with van der Waals surface area (Å²) in [5, 5.41) is 53.2. The van der Waals surface area contributed by atoms with Crippen molar-refractivity contribution in [2.75, 3.05) is 13.7 Å². The van der Waals surface area contributed by atoms with Crippen molar-refractivity contribution >= 4 is 5.91 Å². The van der Waals surface area contributed by atoms with Crippen molar-refractivity contribution in [1.82, 2.24) is 20.2 Å². The Balaban J connectivity index is 2.12. The van der Waals surface area contributed by atoms with Gasteiger partial charge in [0.25, 0.3) is 11.5 Å². The number of methoxy groups -OCH3 is 1. The number of ether oxygens (including phenoxy) is 2. The summed E-state index contributed by atoms with van der Waals surface area (Å²) in [7, 11) is 1.43.